The maximum atomic E-state index is 13.6. The van der Waals surface area contributed by atoms with Gasteiger partial charge in [-0.3, -0.25) is 0 Å². The minimum Gasteiger partial charge on any atom is -0.317 e. The summed E-state index contributed by atoms with van der Waals surface area (Å²) in [5.74, 6) is 0.882. The molecule has 3 heterocycles. The van der Waals surface area contributed by atoms with Crippen LogP contribution in [-0.4, -0.2) is 37.3 Å². The van der Waals surface area contributed by atoms with Crippen molar-refractivity contribution in [3.8, 4) is 0 Å². The molecule has 32 heavy (non-hydrogen) atoms. The van der Waals surface area contributed by atoms with Crippen molar-refractivity contribution in [1.82, 2.24) is 14.6 Å². The van der Waals surface area contributed by atoms with Gasteiger partial charge in [-0.15, -0.1) is 11.3 Å². The Morgan fingerprint density at radius 2 is 1.78 bits per heavy atom. The summed E-state index contributed by atoms with van der Waals surface area (Å²) in [6.45, 7) is 6.78. The molecule has 5 rings (SSSR count). The third-order valence-corrected chi connectivity index (χ3v) is 9.99. The van der Waals surface area contributed by atoms with Crippen LogP contribution in [0.1, 0.15) is 60.7 Å². The number of thiazole rings is 1. The van der Waals surface area contributed by atoms with E-state index in [1.54, 1.807) is 27.8 Å². The molecule has 7 heteroatoms. The standard InChI is InChI=1S/C25H31N3O2S2/c1-17-3-7-21(8-4-17)32(29,30)28-16-18(2)5-9-23(28)20-6-10-24-22(15-20)27-25(31-24)19-11-13-26-14-12-19/h3-4,6-8,10,15,18-19,23,26H,5,9,11-14,16H2,1-2H3/t18-,23+/m0/s1. The lowest BCUT2D eigenvalue weighted by atomic mass is 9.92. The lowest BCUT2D eigenvalue weighted by molar-refractivity contribution is 0.207. The highest BCUT2D eigenvalue weighted by Crippen LogP contribution is 2.39. The molecule has 0 bridgehead atoms. The third-order valence-electron chi connectivity index (χ3n) is 6.90. The van der Waals surface area contributed by atoms with Gasteiger partial charge in [-0.25, -0.2) is 13.4 Å². The molecule has 2 atom stereocenters. The van der Waals surface area contributed by atoms with Crippen molar-refractivity contribution in [2.24, 2.45) is 5.92 Å². The first-order chi connectivity index (χ1) is 15.4. The summed E-state index contributed by atoms with van der Waals surface area (Å²) in [4.78, 5) is 5.36. The smallest absolute Gasteiger partial charge is 0.243 e. The number of hydrogen-bond donors (Lipinski definition) is 1. The van der Waals surface area contributed by atoms with Crippen LogP contribution in [0.4, 0.5) is 0 Å². The van der Waals surface area contributed by atoms with E-state index in [4.69, 9.17) is 4.98 Å². The third kappa shape index (κ3) is 4.23. The van der Waals surface area contributed by atoms with Crippen molar-refractivity contribution in [3.05, 3.63) is 58.6 Å². The summed E-state index contributed by atoms with van der Waals surface area (Å²) in [7, 11) is -3.57. The highest BCUT2D eigenvalue weighted by atomic mass is 32.2. The number of fused-ring (bicyclic) bond motifs is 1. The van der Waals surface area contributed by atoms with Gasteiger partial charge in [0.2, 0.25) is 10.0 Å². The molecule has 0 spiro atoms. The number of sulfonamides is 1. The SMILES string of the molecule is Cc1ccc(S(=O)(=O)N2C[C@@H](C)CC[C@@H]2c2ccc3sc(C4CCNCC4)nc3c2)cc1. The Morgan fingerprint density at radius 1 is 1.03 bits per heavy atom. The largest absolute Gasteiger partial charge is 0.317 e. The van der Waals surface area contributed by atoms with E-state index in [2.05, 4.69) is 30.4 Å². The van der Waals surface area contributed by atoms with Crippen molar-refractivity contribution < 1.29 is 8.42 Å². The van der Waals surface area contributed by atoms with E-state index < -0.39 is 10.0 Å². The normalized spacial score (nSPS) is 23.6. The Kier molecular flexibility index (Phi) is 6.09. The number of piperidine rings is 2. The molecule has 0 aliphatic carbocycles. The Bertz CT molecular complexity index is 1200. The molecule has 0 amide bonds. The van der Waals surface area contributed by atoms with Gasteiger partial charge in [0.15, 0.2) is 0 Å². The molecule has 2 aliphatic heterocycles. The second kappa shape index (κ2) is 8.86. The van der Waals surface area contributed by atoms with E-state index >= 15 is 0 Å². The van der Waals surface area contributed by atoms with E-state index in [0.29, 0.717) is 23.3 Å². The van der Waals surface area contributed by atoms with E-state index in [9.17, 15) is 8.42 Å². The summed E-state index contributed by atoms with van der Waals surface area (Å²) in [6.07, 6.45) is 4.13. The number of hydrogen-bond acceptors (Lipinski definition) is 5. The number of aromatic nitrogens is 1. The summed E-state index contributed by atoms with van der Waals surface area (Å²) >= 11 is 1.79. The van der Waals surface area contributed by atoms with Gasteiger partial charge in [-0.2, -0.15) is 4.31 Å². The minimum absolute atomic E-state index is 0.147. The van der Waals surface area contributed by atoms with Gasteiger partial charge in [0.1, 0.15) is 0 Å². The molecule has 0 unspecified atom stereocenters. The van der Waals surface area contributed by atoms with Crippen LogP contribution >= 0.6 is 11.3 Å². The van der Waals surface area contributed by atoms with Gasteiger partial charge >= 0.3 is 0 Å². The average Bonchev–Trinajstić information content (AvgIpc) is 3.23. The van der Waals surface area contributed by atoms with Crippen LogP contribution in [0.2, 0.25) is 0 Å². The Labute approximate surface area is 194 Å². The summed E-state index contributed by atoms with van der Waals surface area (Å²) in [5, 5.41) is 4.65. The quantitative estimate of drug-likeness (QED) is 0.568. The van der Waals surface area contributed by atoms with Crippen molar-refractivity contribution in [2.45, 2.75) is 56.4 Å². The highest BCUT2D eigenvalue weighted by Gasteiger charge is 2.37. The van der Waals surface area contributed by atoms with Gasteiger partial charge in [-0.1, -0.05) is 30.7 Å². The van der Waals surface area contributed by atoms with E-state index in [0.717, 1.165) is 55.4 Å². The van der Waals surface area contributed by atoms with Gasteiger partial charge in [0, 0.05) is 12.5 Å². The van der Waals surface area contributed by atoms with Crippen LogP contribution in [0.15, 0.2) is 47.4 Å². The predicted octanol–water partition coefficient (Wildman–Crippen LogP) is 5.23. The molecule has 2 aromatic carbocycles. The molecule has 1 aromatic heterocycles. The van der Waals surface area contributed by atoms with Crippen LogP contribution in [0.25, 0.3) is 10.2 Å². The first-order valence-electron chi connectivity index (χ1n) is 11.6. The summed E-state index contributed by atoms with van der Waals surface area (Å²) in [5.41, 5.74) is 3.13. The van der Waals surface area contributed by atoms with Crippen LogP contribution in [0.5, 0.6) is 0 Å². The number of aryl methyl sites for hydroxylation is 1. The van der Waals surface area contributed by atoms with Gasteiger partial charge in [-0.05, 0) is 81.4 Å². The summed E-state index contributed by atoms with van der Waals surface area (Å²) < 4.78 is 30.1. The fourth-order valence-electron chi connectivity index (χ4n) is 4.97. The molecule has 2 fully saturated rings. The molecule has 170 valence electrons. The molecule has 1 N–H and O–H groups in total. The molecule has 2 saturated heterocycles. The second-order valence-electron chi connectivity index (χ2n) is 9.39. The fraction of sp³-hybridized carbons (Fsp3) is 0.480. The van der Waals surface area contributed by atoms with Crippen LogP contribution < -0.4 is 5.32 Å². The van der Waals surface area contributed by atoms with E-state index in [1.165, 1.54) is 9.71 Å². The second-order valence-corrected chi connectivity index (χ2v) is 12.3. The van der Waals surface area contributed by atoms with Crippen molar-refractivity contribution in [3.63, 3.8) is 0 Å². The zero-order valence-corrected chi connectivity index (χ0v) is 20.4. The number of nitrogens with one attached hydrogen (secondary N) is 1. The molecule has 0 radical (unpaired) electrons. The van der Waals surface area contributed by atoms with Crippen molar-refractivity contribution >= 4 is 31.6 Å². The molecule has 3 aromatic rings. The van der Waals surface area contributed by atoms with Gasteiger partial charge in [0.05, 0.1) is 26.2 Å². The molecular weight excluding hydrogens is 438 g/mol. The number of nitrogens with zero attached hydrogens (tertiary/aromatic N) is 2. The van der Waals surface area contributed by atoms with Crippen LogP contribution in [-0.2, 0) is 10.0 Å². The lowest BCUT2D eigenvalue weighted by Gasteiger charge is -2.38. The van der Waals surface area contributed by atoms with E-state index in [1.807, 2.05) is 19.1 Å². The Hall–Kier alpha value is -1.80. The Morgan fingerprint density at radius 3 is 2.53 bits per heavy atom. The first kappa shape index (κ1) is 22.0. The first-order valence-corrected chi connectivity index (χ1v) is 13.9. The number of rotatable bonds is 4. The van der Waals surface area contributed by atoms with Crippen molar-refractivity contribution in [1.29, 1.82) is 0 Å². The van der Waals surface area contributed by atoms with Crippen LogP contribution in [0.3, 0.4) is 0 Å². The van der Waals surface area contributed by atoms with Crippen LogP contribution in [0, 0.1) is 12.8 Å². The topological polar surface area (TPSA) is 62.3 Å². The predicted molar refractivity (Wildman–Crippen MR) is 131 cm³/mol. The van der Waals surface area contributed by atoms with Gasteiger partial charge in [0.25, 0.3) is 0 Å². The number of benzene rings is 2. The monoisotopic (exact) mass is 469 g/mol. The molecular formula is C25H31N3O2S2. The Balaban J connectivity index is 1.49. The lowest BCUT2D eigenvalue weighted by Crippen LogP contribution is -2.41. The molecule has 0 saturated carbocycles. The maximum Gasteiger partial charge on any atom is 0.243 e. The highest BCUT2D eigenvalue weighted by molar-refractivity contribution is 7.89. The fourth-order valence-corrected chi connectivity index (χ4v) is 7.85. The van der Waals surface area contributed by atoms with Gasteiger partial charge < -0.3 is 5.32 Å². The van der Waals surface area contributed by atoms with E-state index in [-0.39, 0.29) is 6.04 Å². The zero-order valence-electron chi connectivity index (χ0n) is 18.8. The minimum atomic E-state index is -3.57. The average molecular weight is 470 g/mol. The zero-order chi connectivity index (χ0) is 22.3. The van der Waals surface area contributed by atoms with Crippen molar-refractivity contribution in [2.75, 3.05) is 19.6 Å². The maximum absolute atomic E-state index is 13.6. The molecule has 5 nitrogen and oxygen atoms in total. The molecule has 2 aliphatic rings. The summed E-state index contributed by atoms with van der Waals surface area (Å²) in [6, 6.07) is 13.5.